The molecule has 0 aliphatic carbocycles. The highest BCUT2D eigenvalue weighted by Crippen LogP contribution is 2.09. The highest BCUT2D eigenvalue weighted by atomic mass is 35.5. The number of ether oxygens (including phenoxy) is 1. The van der Waals surface area contributed by atoms with Crippen molar-refractivity contribution in [2.45, 2.75) is 0 Å². The molecule has 0 radical (unpaired) electrons. The van der Waals surface area contributed by atoms with E-state index in [0.717, 1.165) is 0 Å². The summed E-state index contributed by atoms with van der Waals surface area (Å²) < 4.78 is 4.79. The first-order chi connectivity index (χ1) is 11.5. The lowest BCUT2D eigenvalue weighted by atomic mass is 10.2. The van der Waals surface area contributed by atoms with Crippen LogP contribution in [0.4, 0.5) is 5.69 Å². The SMILES string of the molecule is O=C(COC(=O)CNC(=O)c1ccc(Cl)cc1)Nc1ccccc1. The summed E-state index contributed by atoms with van der Waals surface area (Å²) in [6.07, 6.45) is 0. The van der Waals surface area contributed by atoms with Gasteiger partial charge in [-0.3, -0.25) is 14.4 Å². The Hall–Kier alpha value is -2.86. The second kappa shape index (κ2) is 8.69. The lowest BCUT2D eigenvalue weighted by molar-refractivity contribution is -0.146. The molecule has 0 bridgehead atoms. The van der Waals surface area contributed by atoms with E-state index in [9.17, 15) is 14.4 Å². The largest absolute Gasteiger partial charge is 0.454 e. The molecule has 2 amide bonds. The normalized spacial score (nSPS) is 9.88. The molecule has 0 aliphatic rings. The number of carbonyl (C=O) groups is 3. The average Bonchev–Trinajstić information content (AvgIpc) is 2.59. The predicted molar refractivity (Wildman–Crippen MR) is 89.8 cm³/mol. The summed E-state index contributed by atoms with van der Waals surface area (Å²) in [6, 6.07) is 15.0. The second-order valence-corrected chi connectivity index (χ2v) is 5.20. The Bertz CT molecular complexity index is 717. The molecule has 0 heterocycles. The molecule has 24 heavy (non-hydrogen) atoms. The van der Waals surface area contributed by atoms with Gasteiger partial charge < -0.3 is 15.4 Å². The van der Waals surface area contributed by atoms with Crippen molar-refractivity contribution >= 4 is 35.1 Å². The van der Waals surface area contributed by atoms with Crippen LogP contribution in [0.25, 0.3) is 0 Å². The highest BCUT2D eigenvalue weighted by Gasteiger charge is 2.11. The Morgan fingerprint density at radius 2 is 1.62 bits per heavy atom. The zero-order valence-corrected chi connectivity index (χ0v) is 13.4. The molecule has 2 aromatic rings. The number of hydrogen-bond donors (Lipinski definition) is 2. The summed E-state index contributed by atoms with van der Waals surface area (Å²) in [4.78, 5) is 35.0. The maximum Gasteiger partial charge on any atom is 0.325 e. The molecule has 2 rings (SSSR count). The van der Waals surface area contributed by atoms with Crippen LogP contribution in [-0.4, -0.2) is 30.9 Å². The van der Waals surface area contributed by atoms with Crippen LogP contribution in [-0.2, 0) is 14.3 Å². The first-order valence-electron chi connectivity index (χ1n) is 7.09. The van der Waals surface area contributed by atoms with E-state index in [-0.39, 0.29) is 6.54 Å². The van der Waals surface area contributed by atoms with Crippen molar-refractivity contribution in [1.29, 1.82) is 0 Å². The molecule has 0 fully saturated rings. The first kappa shape index (κ1) is 17.5. The number of nitrogens with one attached hydrogen (secondary N) is 2. The zero-order chi connectivity index (χ0) is 17.4. The molecule has 2 aromatic carbocycles. The van der Waals surface area contributed by atoms with E-state index in [1.807, 2.05) is 6.07 Å². The molecule has 0 saturated carbocycles. The summed E-state index contributed by atoms with van der Waals surface area (Å²) >= 11 is 5.73. The molecule has 0 atom stereocenters. The number of amides is 2. The zero-order valence-electron chi connectivity index (χ0n) is 12.6. The van der Waals surface area contributed by atoms with Gasteiger partial charge in [-0.1, -0.05) is 29.8 Å². The molecule has 124 valence electrons. The molecule has 6 nitrogen and oxygen atoms in total. The third kappa shape index (κ3) is 5.73. The van der Waals surface area contributed by atoms with E-state index in [1.54, 1.807) is 36.4 Å². The number of para-hydroxylation sites is 1. The second-order valence-electron chi connectivity index (χ2n) is 4.76. The summed E-state index contributed by atoms with van der Waals surface area (Å²) in [6.45, 7) is -0.759. The van der Waals surface area contributed by atoms with Crippen LogP contribution in [0.1, 0.15) is 10.4 Å². The minimum Gasteiger partial charge on any atom is -0.454 e. The van der Waals surface area contributed by atoms with Crippen LogP contribution in [0.15, 0.2) is 54.6 Å². The number of esters is 1. The summed E-state index contributed by atoms with van der Waals surface area (Å²) in [7, 11) is 0. The molecule has 0 aromatic heterocycles. The maximum atomic E-state index is 11.8. The minimum atomic E-state index is -0.708. The van der Waals surface area contributed by atoms with E-state index in [1.165, 1.54) is 12.1 Å². The third-order valence-electron chi connectivity index (χ3n) is 2.92. The summed E-state index contributed by atoms with van der Waals surface area (Å²) in [5.74, 6) is -1.60. The number of halogens is 1. The van der Waals surface area contributed by atoms with E-state index in [4.69, 9.17) is 16.3 Å². The Balaban J connectivity index is 1.70. The molecule has 0 saturated heterocycles. The quantitative estimate of drug-likeness (QED) is 0.786. The molecule has 0 spiro atoms. The van der Waals surface area contributed by atoms with Crippen LogP contribution < -0.4 is 10.6 Å². The fourth-order valence-electron chi connectivity index (χ4n) is 1.77. The minimum absolute atomic E-state index is 0.333. The molecule has 2 N–H and O–H groups in total. The van der Waals surface area contributed by atoms with Crippen molar-refractivity contribution in [1.82, 2.24) is 5.32 Å². The number of anilines is 1. The van der Waals surface area contributed by atoms with E-state index in [2.05, 4.69) is 10.6 Å². The lowest BCUT2D eigenvalue weighted by Gasteiger charge is -2.07. The molecular formula is C17H15ClN2O4. The van der Waals surface area contributed by atoms with Crippen molar-refractivity contribution < 1.29 is 19.1 Å². The van der Waals surface area contributed by atoms with E-state index in [0.29, 0.717) is 16.3 Å². The van der Waals surface area contributed by atoms with Crippen LogP contribution in [0.3, 0.4) is 0 Å². The van der Waals surface area contributed by atoms with Crippen molar-refractivity contribution in [3.63, 3.8) is 0 Å². The standard InChI is InChI=1S/C17H15ClN2O4/c18-13-8-6-12(7-9-13)17(23)19-10-16(22)24-11-15(21)20-14-4-2-1-3-5-14/h1-9H,10-11H2,(H,19,23)(H,20,21). The van der Waals surface area contributed by atoms with Crippen molar-refractivity contribution in [3.05, 3.63) is 65.2 Å². The Morgan fingerprint density at radius 1 is 0.958 bits per heavy atom. The number of benzene rings is 2. The van der Waals surface area contributed by atoms with Gasteiger partial charge in [0.2, 0.25) is 0 Å². The average molecular weight is 347 g/mol. The van der Waals surface area contributed by atoms with Gasteiger partial charge in [0, 0.05) is 16.3 Å². The molecular weight excluding hydrogens is 332 g/mol. The molecule has 7 heteroatoms. The van der Waals surface area contributed by atoms with Crippen LogP contribution >= 0.6 is 11.6 Å². The van der Waals surface area contributed by atoms with Crippen molar-refractivity contribution in [2.75, 3.05) is 18.5 Å². The van der Waals surface area contributed by atoms with Gasteiger partial charge in [0.15, 0.2) is 6.61 Å². The number of carbonyl (C=O) groups excluding carboxylic acids is 3. The van der Waals surface area contributed by atoms with Gasteiger partial charge in [0.05, 0.1) is 0 Å². The van der Waals surface area contributed by atoms with Crippen molar-refractivity contribution in [2.24, 2.45) is 0 Å². The Morgan fingerprint density at radius 3 is 2.29 bits per heavy atom. The molecule has 0 aliphatic heterocycles. The topological polar surface area (TPSA) is 84.5 Å². The van der Waals surface area contributed by atoms with Crippen molar-refractivity contribution in [3.8, 4) is 0 Å². The van der Waals surface area contributed by atoms with Crippen LogP contribution in [0, 0.1) is 0 Å². The third-order valence-corrected chi connectivity index (χ3v) is 3.17. The number of hydrogen-bond acceptors (Lipinski definition) is 4. The van der Waals surface area contributed by atoms with Gasteiger partial charge in [0.25, 0.3) is 11.8 Å². The van der Waals surface area contributed by atoms with Gasteiger partial charge in [-0.05, 0) is 36.4 Å². The lowest BCUT2D eigenvalue weighted by Crippen LogP contribution is -2.32. The highest BCUT2D eigenvalue weighted by molar-refractivity contribution is 6.30. The van der Waals surface area contributed by atoms with E-state index < -0.39 is 24.4 Å². The smallest absolute Gasteiger partial charge is 0.325 e. The number of rotatable bonds is 6. The van der Waals surface area contributed by atoms with Gasteiger partial charge >= 0.3 is 5.97 Å². The van der Waals surface area contributed by atoms with Gasteiger partial charge in [0.1, 0.15) is 6.54 Å². The fraction of sp³-hybridized carbons (Fsp3) is 0.118. The summed E-state index contributed by atoms with van der Waals surface area (Å²) in [5.41, 5.74) is 0.976. The molecule has 0 unspecified atom stereocenters. The monoisotopic (exact) mass is 346 g/mol. The first-order valence-corrected chi connectivity index (χ1v) is 7.46. The van der Waals surface area contributed by atoms with Crippen LogP contribution in [0.2, 0.25) is 5.02 Å². The Labute approximate surface area is 143 Å². The maximum absolute atomic E-state index is 11.8. The van der Waals surface area contributed by atoms with Gasteiger partial charge in [-0.15, -0.1) is 0 Å². The van der Waals surface area contributed by atoms with Crippen LogP contribution in [0.5, 0.6) is 0 Å². The summed E-state index contributed by atoms with van der Waals surface area (Å²) in [5, 5.41) is 5.49. The fourth-order valence-corrected chi connectivity index (χ4v) is 1.90. The van der Waals surface area contributed by atoms with E-state index >= 15 is 0 Å². The van der Waals surface area contributed by atoms with Gasteiger partial charge in [-0.2, -0.15) is 0 Å². The predicted octanol–water partition coefficient (Wildman–Crippen LogP) is 2.25. The Kier molecular flexibility index (Phi) is 6.33. The van der Waals surface area contributed by atoms with Gasteiger partial charge in [-0.25, -0.2) is 0 Å².